The molecule has 19 heavy (non-hydrogen) atoms. The molecule has 0 spiro atoms. The van der Waals surface area contributed by atoms with Gasteiger partial charge in [-0.25, -0.2) is 9.59 Å². The Morgan fingerprint density at radius 1 is 1.16 bits per heavy atom. The number of rotatable bonds is 1. The SMILES string of the molecule is CC1CN(C(=O)N2CC(O)CC2C(=O)O)CC(C)O1. The summed E-state index contributed by atoms with van der Waals surface area (Å²) in [5.41, 5.74) is 0. The first-order valence-corrected chi connectivity index (χ1v) is 6.50. The number of amides is 2. The molecule has 2 rings (SSSR count). The van der Waals surface area contributed by atoms with Gasteiger partial charge in [-0.05, 0) is 13.8 Å². The maximum absolute atomic E-state index is 12.4. The van der Waals surface area contributed by atoms with Crippen LogP contribution in [-0.4, -0.2) is 76.0 Å². The molecule has 0 aliphatic carbocycles. The number of hydrogen-bond acceptors (Lipinski definition) is 4. The number of carbonyl (C=O) groups is 2. The summed E-state index contributed by atoms with van der Waals surface area (Å²) in [6.45, 7) is 4.73. The number of carboxylic acids is 1. The van der Waals surface area contributed by atoms with Gasteiger partial charge in [-0.15, -0.1) is 0 Å². The fourth-order valence-electron chi connectivity index (χ4n) is 2.78. The van der Waals surface area contributed by atoms with Crippen molar-refractivity contribution >= 4 is 12.0 Å². The average molecular weight is 272 g/mol. The number of aliphatic hydroxyl groups excluding tert-OH is 1. The first-order valence-electron chi connectivity index (χ1n) is 6.50. The largest absolute Gasteiger partial charge is 0.480 e. The number of nitrogens with zero attached hydrogens (tertiary/aromatic N) is 2. The van der Waals surface area contributed by atoms with Crippen LogP contribution in [0.25, 0.3) is 0 Å². The number of aliphatic hydroxyl groups is 1. The highest BCUT2D eigenvalue weighted by Gasteiger charge is 2.41. The highest BCUT2D eigenvalue weighted by molar-refractivity contribution is 5.83. The maximum atomic E-state index is 12.4. The molecule has 0 saturated carbocycles. The number of urea groups is 1. The van der Waals surface area contributed by atoms with E-state index in [1.807, 2.05) is 13.8 Å². The minimum atomic E-state index is -1.07. The van der Waals surface area contributed by atoms with Crippen LogP contribution in [0.2, 0.25) is 0 Å². The number of ether oxygens (including phenoxy) is 1. The topological polar surface area (TPSA) is 90.3 Å². The second kappa shape index (κ2) is 5.34. The summed E-state index contributed by atoms with van der Waals surface area (Å²) in [4.78, 5) is 26.4. The first kappa shape index (κ1) is 14.1. The molecule has 0 bridgehead atoms. The highest BCUT2D eigenvalue weighted by Crippen LogP contribution is 2.22. The Labute approximate surface area is 111 Å². The first-order chi connectivity index (χ1) is 8.88. The number of hydrogen-bond donors (Lipinski definition) is 2. The molecule has 0 aromatic carbocycles. The minimum absolute atomic E-state index is 0.0662. The molecule has 2 saturated heterocycles. The molecule has 0 aromatic rings. The molecule has 108 valence electrons. The Hall–Kier alpha value is -1.34. The van der Waals surface area contributed by atoms with E-state index in [9.17, 15) is 14.7 Å². The second-order valence-corrected chi connectivity index (χ2v) is 5.34. The molecule has 0 aromatic heterocycles. The quantitative estimate of drug-likeness (QED) is 0.686. The Kier molecular flexibility index (Phi) is 3.96. The minimum Gasteiger partial charge on any atom is -0.480 e. The van der Waals surface area contributed by atoms with Crippen molar-refractivity contribution in [1.82, 2.24) is 9.80 Å². The van der Waals surface area contributed by atoms with Crippen molar-refractivity contribution in [2.24, 2.45) is 0 Å². The zero-order chi connectivity index (χ0) is 14.2. The fourth-order valence-corrected chi connectivity index (χ4v) is 2.78. The molecule has 2 fully saturated rings. The van der Waals surface area contributed by atoms with Gasteiger partial charge < -0.3 is 24.7 Å². The van der Waals surface area contributed by atoms with Crippen molar-refractivity contribution < 1.29 is 24.5 Å². The average Bonchev–Trinajstić information content (AvgIpc) is 2.69. The van der Waals surface area contributed by atoms with Crippen LogP contribution in [-0.2, 0) is 9.53 Å². The number of likely N-dealkylation sites (tertiary alicyclic amines) is 1. The summed E-state index contributed by atoms with van der Waals surface area (Å²) in [6.07, 6.45) is -0.802. The highest BCUT2D eigenvalue weighted by atomic mass is 16.5. The third-order valence-electron chi connectivity index (χ3n) is 3.50. The maximum Gasteiger partial charge on any atom is 0.326 e. The standard InChI is InChI=1S/C12H20N2O5/c1-7-4-13(5-8(2)19-7)12(18)14-6-9(15)3-10(14)11(16)17/h7-10,15H,3-6H2,1-2H3,(H,16,17). The predicted octanol–water partition coefficient (Wildman–Crippen LogP) is -0.265. The third-order valence-corrected chi connectivity index (χ3v) is 3.50. The van der Waals surface area contributed by atoms with E-state index in [1.54, 1.807) is 4.90 Å². The van der Waals surface area contributed by atoms with Crippen LogP contribution in [0.15, 0.2) is 0 Å². The number of aliphatic carboxylic acids is 1. The Morgan fingerprint density at radius 2 is 1.74 bits per heavy atom. The molecule has 4 unspecified atom stereocenters. The molecule has 2 heterocycles. The van der Waals surface area contributed by atoms with E-state index in [1.165, 1.54) is 4.90 Å². The van der Waals surface area contributed by atoms with E-state index in [-0.39, 0.29) is 31.2 Å². The van der Waals surface area contributed by atoms with Gasteiger partial charge in [-0.2, -0.15) is 0 Å². The molecule has 0 radical (unpaired) electrons. The van der Waals surface area contributed by atoms with Gasteiger partial charge in [0.15, 0.2) is 0 Å². The number of carbonyl (C=O) groups excluding carboxylic acids is 1. The lowest BCUT2D eigenvalue weighted by atomic mass is 10.2. The van der Waals surface area contributed by atoms with Crippen LogP contribution in [0, 0.1) is 0 Å². The van der Waals surface area contributed by atoms with Crippen LogP contribution < -0.4 is 0 Å². The molecule has 2 N–H and O–H groups in total. The van der Waals surface area contributed by atoms with Crippen LogP contribution in [0.4, 0.5) is 4.79 Å². The summed E-state index contributed by atoms with van der Waals surface area (Å²) in [7, 11) is 0. The lowest BCUT2D eigenvalue weighted by molar-refractivity contribution is -0.141. The van der Waals surface area contributed by atoms with Crippen LogP contribution in [0.3, 0.4) is 0 Å². The van der Waals surface area contributed by atoms with E-state index in [0.717, 1.165) is 0 Å². The zero-order valence-electron chi connectivity index (χ0n) is 11.2. The van der Waals surface area contributed by atoms with E-state index in [0.29, 0.717) is 13.1 Å². The van der Waals surface area contributed by atoms with Gasteiger partial charge in [0.05, 0.1) is 18.3 Å². The number of carboxylic acid groups (broad SMARTS) is 1. The summed E-state index contributed by atoms with van der Waals surface area (Å²) >= 11 is 0. The molecule has 4 atom stereocenters. The molecule has 2 aliphatic heterocycles. The normalized spacial score (nSPS) is 35.5. The lowest BCUT2D eigenvalue weighted by Crippen LogP contribution is -2.54. The zero-order valence-corrected chi connectivity index (χ0v) is 11.2. The monoisotopic (exact) mass is 272 g/mol. The van der Waals surface area contributed by atoms with Gasteiger partial charge in [0.2, 0.25) is 0 Å². The second-order valence-electron chi connectivity index (χ2n) is 5.34. The van der Waals surface area contributed by atoms with Crippen molar-refractivity contribution in [3.8, 4) is 0 Å². The smallest absolute Gasteiger partial charge is 0.326 e. The predicted molar refractivity (Wildman–Crippen MR) is 65.7 cm³/mol. The van der Waals surface area contributed by atoms with Crippen molar-refractivity contribution in [1.29, 1.82) is 0 Å². The lowest BCUT2D eigenvalue weighted by Gasteiger charge is -2.38. The van der Waals surface area contributed by atoms with Gasteiger partial charge in [-0.3, -0.25) is 0 Å². The van der Waals surface area contributed by atoms with Gasteiger partial charge in [-0.1, -0.05) is 0 Å². The number of β-amino-alcohol motifs (C(OH)–C–C–N with tert-alkyl or cyclic N) is 1. The summed E-state index contributed by atoms with van der Waals surface area (Å²) in [5.74, 6) is -1.07. The van der Waals surface area contributed by atoms with Crippen molar-refractivity contribution in [3.05, 3.63) is 0 Å². The van der Waals surface area contributed by atoms with Crippen molar-refractivity contribution in [2.75, 3.05) is 19.6 Å². The van der Waals surface area contributed by atoms with E-state index in [4.69, 9.17) is 9.84 Å². The van der Waals surface area contributed by atoms with Crippen LogP contribution >= 0.6 is 0 Å². The van der Waals surface area contributed by atoms with Gasteiger partial charge in [0.25, 0.3) is 0 Å². The van der Waals surface area contributed by atoms with Crippen LogP contribution in [0.5, 0.6) is 0 Å². The molecule has 2 amide bonds. The fraction of sp³-hybridized carbons (Fsp3) is 0.833. The van der Waals surface area contributed by atoms with Gasteiger partial charge >= 0.3 is 12.0 Å². The van der Waals surface area contributed by atoms with Crippen LogP contribution in [0.1, 0.15) is 20.3 Å². The van der Waals surface area contributed by atoms with Crippen molar-refractivity contribution in [3.63, 3.8) is 0 Å². The van der Waals surface area contributed by atoms with Gasteiger partial charge in [0, 0.05) is 26.1 Å². The molecule has 7 nitrogen and oxygen atoms in total. The molecule has 7 heteroatoms. The van der Waals surface area contributed by atoms with Gasteiger partial charge in [0.1, 0.15) is 6.04 Å². The molecular weight excluding hydrogens is 252 g/mol. The Balaban J connectivity index is 2.07. The third kappa shape index (κ3) is 2.98. The van der Waals surface area contributed by atoms with E-state index >= 15 is 0 Å². The van der Waals surface area contributed by atoms with E-state index < -0.39 is 18.1 Å². The van der Waals surface area contributed by atoms with Crippen molar-refractivity contribution in [2.45, 2.75) is 44.6 Å². The number of morpholine rings is 1. The molecular formula is C12H20N2O5. The summed E-state index contributed by atoms with van der Waals surface area (Å²) in [6, 6.07) is -1.26. The summed E-state index contributed by atoms with van der Waals surface area (Å²) in [5, 5.41) is 18.7. The Morgan fingerprint density at radius 3 is 2.26 bits per heavy atom. The summed E-state index contributed by atoms with van der Waals surface area (Å²) < 4.78 is 5.55. The Bertz CT molecular complexity index is 365. The molecule has 2 aliphatic rings. The van der Waals surface area contributed by atoms with E-state index in [2.05, 4.69) is 0 Å².